The summed E-state index contributed by atoms with van der Waals surface area (Å²) >= 11 is 1.81. The number of hydrogen-bond acceptors (Lipinski definition) is 5. The summed E-state index contributed by atoms with van der Waals surface area (Å²) in [5.41, 5.74) is 6.75. The van der Waals surface area contributed by atoms with Gasteiger partial charge < -0.3 is 10.5 Å². The summed E-state index contributed by atoms with van der Waals surface area (Å²) in [5.74, 6) is 1.35. The van der Waals surface area contributed by atoms with Gasteiger partial charge in [0.15, 0.2) is 0 Å². The fourth-order valence-electron chi connectivity index (χ4n) is 1.12. The Labute approximate surface area is 94.6 Å². The second-order valence-electron chi connectivity index (χ2n) is 3.44. The number of hydrogen-bond donors (Lipinski definition) is 1. The molecule has 0 aromatic carbocycles. The van der Waals surface area contributed by atoms with Crippen LogP contribution in [0.5, 0.6) is 5.88 Å². The molecule has 4 nitrogen and oxygen atoms in total. The van der Waals surface area contributed by atoms with Crippen molar-refractivity contribution in [2.24, 2.45) is 5.73 Å². The third-order valence-electron chi connectivity index (χ3n) is 1.84. The molecule has 1 rings (SSSR count). The van der Waals surface area contributed by atoms with Gasteiger partial charge in [-0.15, -0.1) is 0 Å². The largest absolute Gasteiger partial charge is 0.480 e. The van der Waals surface area contributed by atoms with E-state index in [9.17, 15) is 0 Å². The van der Waals surface area contributed by atoms with Crippen molar-refractivity contribution in [3.05, 3.63) is 18.1 Å². The Morgan fingerprint density at radius 3 is 2.67 bits per heavy atom. The highest BCUT2D eigenvalue weighted by Gasteiger charge is 2.14. The van der Waals surface area contributed by atoms with Crippen LogP contribution in [0.25, 0.3) is 0 Å². The zero-order valence-electron chi connectivity index (χ0n) is 9.30. The van der Waals surface area contributed by atoms with Crippen molar-refractivity contribution in [3.8, 4) is 5.88 Å². The minimum atomic E-state index is -0.124. The quantitative estimate of drug-likeness (QED) is 0.828. The fraction of sp³-hybridized carbons (Fsp3) is 0.600. The number of nitrogens with zero attached hydrogens (tertiary/aromatic N) is 2. The van der Waals surface area contributed by atoms with Crippen molar-refractivity contribution in [3.63, 3.8) is 0 Å². The first-order valence-electron chi connectivity index (χ1n) is 4.87. The molecule has 15 heavy (non-hydrogen) atoms. The third-order valence-corrected chi connectivity index (χ3v) is 3.06. The molecular weight excluding hydrogens is 210 g/mol. The molecule has 0 amide bonds. The van der Waals surface area contributed by atoms with Crippen LogP contribution in [0.3, 0.4) is 0 Å². The standard InChI is InChI=1S/C10H17N3OS/c1-7(2)15-6-8(11)9-10(14-3)13-5-4-12-9/h4-5,7-8H,6,11H2,1-3H3. The molecule has 2 N–H and O–H groups in total. The molecule has 5 heteroatoms. The molecular formula is C10H17N3OS. The predicted molar refractivity (Wildman–Crippen MR) is 63.1 cm³/mol. The smallest absolute Gasteiger partial charge is 0.237 e. The Bertz CT molecular complexity index is 306. The normalized spacial score (nSPS) is 12.9. The number of methoxy groups -OCH3 is 1. The molecule has 0 bridgehead atoms. The molecule has 1 heterocycles. The van der Waals surface area contributed by atoms with E-state index < -0.39 is 0 Å². The summed E-state index contributed by atoms with van der Waals surface area (Å²) in [6, 6.07) is -0.124. The molecule has 1 aromatic heterocycles. The second-order valence-corrected chi connectivity index (χ2v) is 5.05. The molecule has 84 valence electrons. The van der Waals surface area contributed by atoms with E-state index in [0.29, 0.717) is 11.1 Å². The summed E-state index contributed by atoms with van der Waals surface area (Å²) in [6.45, 7) is 4.29. The van der Waals surface area contributed by atoms with Crippen LogP contribution in [0, 0.1) is 0 Å². The van der Waals surface area contributed by atoms with Gasteiger partial charge in [-0.05, 0) is 5.25 Å². The zero-order valence-corrected chi connectivity index (χ0v) is 10.1. The van der Waals surface area contributed by atoms with Crippen LogP contribution >= 0.6 is 11.8 Å². The van der Waals surface area contributed by atoms with E-state index in [-0.39, 0.29) is 6.04 Å². The number of nitrogens with two attached hydrogens (primary N) is 1. The minimum Gasteiger partial charge on any atom is -0.480 e. The first-order chi connectivity index (χ1) is 7.15. The minimum absolute atomic E-state index is 0.124. The van der Waals surface area contributed by atoms with E-state index in [1.807, 2.05) is 0 Å². The van der Waals surface area contributed by atoms with Gasteiger partial charge in [-0.25, -0.2) is 4.98 Å². The molecule has 0 radical (unpaired) electrons. The van der Waals surface area contributed by atoms with E-state index in [1.54, 1.807) is 31.3 Å². The van der Waals surface area contributed by atoms with Crippen LogP contribution in [0.4, 0.5) is 0 Å². The monoisotopic (exact) mass is 227 g/mol. The summed E-state index contributed by atoms with van der Waals surface area (Å²) in [6.07, 6.45) is 3.24. The lowest BCUT2D eigenvalue weighted by atomic mass is 10.2. The van der Waals surface area contributed by atoms with Gasteiger partial charge in [0.25, 0.3) is 0 Å². The molecule has 1 unspecified atom stereocenters. The maximum Gasteiger partial charge on any atom is 0.237 e. The van der Waals surface area contributed by atoms with Crippen LogP contribution in [-0.2, 0) is 0 Å². The average Bonchev–Trinajstić information content (AvgIpc) is 2.25. The van der Waals surface area contributed by atoms with Crippen LogP contribution in [0.15, 0.2) is 12.4 Å². The molecule has 0 spiro atoms. The summed E-state index contributed by atoms with van der Waals surface area (Å²) in [7, 11) is 1.58. The fourth-order valence-corrected chi connectivity index (χ4v) is 1.87. The van der Waals surface area contributed by atoms with E-state index in [0.717, 1.165) is 11.4 Å². The van der Waals surface area contributed by atoms with Crippen molar-refractivity contribution in [1.29, 1.82) is 0 Å². The first-order valence-corrected chi connectivity index (χ1v) is 5.92. The molecule has 0 saturated carbocycles. The van der Waals surface area contributed by atoms with Crippen molar-refractivity contribution in [1.82, 2.24) is 9.97 Å². The summed E-state index contributed by atoms with van der Waals surface area (Å²) in [5, 5.41) is 0.568. The highest BCUT2D eigenvalue weighted by atomic mass is 32.2. The second kappa shape index (κ2) is 5.92. The van der Waals surface area contributed by atoms with Crippen LogP contribution in [-0.4, -0.2) is 28.1 Å². The number of rotatable bonds is 5. The van der Waals surface area contributed by atoms with Gasteiger partial charge in [-0.3, -0.25) is 4.98 Å². The third kappa shape index (κ3) is 3.68. The summed E-state index contributed by atoms with van der Waals surface area (Å²) in [4.78, 5) is 8.27. The number of aromatic nitrogens is 2. The average molecular weight is 227 g/mol. The highest BCUT2D eigenvalue weighted by Crippen LogP contribution is 2.22. The molecule has 1 aromatic rings. The van der Waals surface area contributed by atoms with Crippen molar-refractivity contribution >= 4 is 11.8 Å². The Kier molecular flexibility index (Phi) is 4.84. The maximum atomic E-state index is 6.02. The van der Waals surface area contributed by atoms with Crippen molar-refractivity contribution in [2.45, 2.75) is 25.1 Å². The molecule has 0 fully saturated rings. The van der Waals surface area contributed by atoms with Gasteiger partial charge in [0.2, 0.25) is 5.88 Å². The van der Waals surface area contributed by atoms with Crippen molar-refractivity contribution in [2.75, 3.05) is 12.9 Å². The first kappa shape index (κ1) is 12.3. The lowest BCUT2D eigenvalue weighted by Crippen LogP contribution is -2.17. The van der Waals surface area contributed by atoms with Gasteiger partial charge in [-0.1, -0.05) is 13.8 Å². The van der Waals surface area contributed by atoms with E-state index in [1.165, 1.54) is 0 Å². The highest BCUT2D eigenvalue weighted by molar-refractivity contribution is 7.99. The topological polar surface area (TPSA) is 61.0 Å². The number of thioether (sulfide) groups is 1. The lowest BCUT2D eigenvalue weighted by molar-refractivity contribution is 0.386. The van der Waals surface area contributed by atoms with Gasteiger partial charge >= 0.3 is 0 Å². The van der Waals surface area contributed by atoms with Gasteiger partial charge in [0.1, 0.15) is 5.69 Å². The van der Waals surface area contributed by atoms with E-state index in [4.69, 9.17) is 10.5 Å². The Balaban J connectivity index is 2.68. The summed E-state index contributed by atoms with van der Waals surface area (Å²) < 4.78 is 5.11. The van der Waals surface area contributed by atoms with E-state index in [2.05, 4.69) is 23.8 Å². The lowest BCUT2D eigenvalue weighted by Gasteiger charge is -2.14. The Hall–Kier alpha value is -0.810. The van der Waals surface area contributed by atoms with Gasteiger partial charge in [0, 0.05) is 18.1 Å². The van der Waals surface area contributed by atoms with Crippen LogP contribution < -0.4 is 10.5 Å². The predicted octanol–water partition coefficient (Wildman–Crippen LogP) is 1.63. The number of ether oxygens (including phenoxy) is 1. The van der Waals surface area contributed by atoms with Crippen LogP contribution in [0.1, 0.15) is 25.6 Å². The Morgan fingerprint density at radius 1 is 1.40 bits per heavy atom. The molecule has 0 aliphatic rings. The molecule has 0 saturated heterocycles. The molecule has 0 aliphatic carbocycles. The van der Waals surface area contributed by atoms with Gasteiger partial charge in [-0.2, -0.15) is 11.8 Å². The van der Waals surface area contributed by atoms with Crippen LogP contribution in [0.2, 0.25) is 0 Å². The molecule has 0 aliphatic heterocycles. The zero-order chi connectivity index (χ0) is 11.3. The Morgan fingerprint density at radius 2 is 2.07 bits per heavy atom. The van der Waals surface area contributed by atoms with Gasteiger partial charge in [0.05, 0.1) is 13.2 Å². The SMILES string of the molecule is COc1nccnc1C(N)CSC(C)C. The molecule has 1 atom stereocenters. The van der Waals surface area contributed by atoms with E-state index >= 15 is 0 Å². The van der Waals surface area contributed by atoms with Crippen molar-refractivity contribution < 1.29 is 4.74 Å². The maximum absolute atomic E-state index is 6.02.